The van der Waals surface area contributed by atoms with Crippen LogP contribution in [0.4, 0.5) is 8.78 Å². The van der Waals surface area contributed by atoms with Gasteiger partial charge in [-0.1, -0.05) is 18.2 Å². The van der Waals surface area contributed by atoms with Crippen LogP contribution in [0.3, 0.4) is 0 Å². The lowest BCUT2D eigenvalue weighted by atomic mass is 10.1. The van der Waals surface area contributed by atoms with Crippen LogP contribution in [0.15, 0.2) is 48.8 Å². The quantitative estimate of drug-likeness (QED) is 0.651. The number of nitrogens with zero attached hydrogens (tertiary/aromatic N) is 2. The molecule has 0 atom stereocenters. The molecule has 3 rings (SSSR count). The van der Waals surface area contributed by atoms with E-state index in [0.717, 1.165) is 23.0 Å². The van der Waals surface area contributed by atoms with E-state index in [1.807, 2.05) is 24.3 Å². The first-order valence-electron chi connectivity index (χ1n) is 5.41. The molecular formula is C14H8F2N2. The van der Waals surface area contributed by atoms with E-state index in [1.165, 1.54) is 12.4 Å². The van der Waals surface area contributed by atoms with Gasteiger partial charge in [-0.2, -0.15) is 0 Å². The lowest BCUT2D eigenvalue weighted by molar-refractivity contribution is 0.509. The monoisotopic (exact) mass is 242 g/mol. The van der Waals surface area contributed by atoms with Gasteiger partial charge in [-0.15, -0.1) is 0 Å². The van der Waals surface area contributed by atoms with Crippen molar-refractivity contribution in [2.45, 2.75) is 0 Å². The van der Waals surface area contributed by atoms with E-state index in [4.69, 9.17) is 0 Å². The van der Waals surface area contributed by atoms with Crippen LogP contribution >= 0.6 is 0 Å². The van der Waals surface area contributed by atoms with Crippen molar-refractivity contribution < 1.29 is 8.78 Å². The summed E-state index contributed by atoms with van der Waals surface area (Å²) in [5.74, 6) is -1.74. The summed E-state index contributed by atoms with van der Waals surface area (Å²) in [5, 5.41) is 0.811. The molecule has 4 heteroatoms. The number of fused-ring (bicyclic) bond motifs is 1. The van der Waals surface area contributed by atoms with E-state index >= 15 is 0 Å². The Labute approximate surface area is 102 Å². The Morgan fingerprint density at radius 3 is 2.50 bits per heavy atom. The lowest BCUT2D eigenvalue weighted by Crippen LogP contribution is -1.91. The molecule has 0 aliphatic rings. The van der Waals surface area contributed by atoms with Gasteiger partial charge >= 0.3 is 0 Å². The van der Waals surface area contributed by atoms with Crippen molar-refractivity contribution in [1.29, 1.82) is 0 Å². The average molecular weight is 242 g/mol. The smallest absolute Gasteiger partial charge is 0.159 e. The summed E-state index contributed by atoms with van der Waals surface area (Å²) in [7, 11) is 0. The van der Waals surface area contributed by atoms with E-state index in [-0.39, 0.29) is 0 Å². The van der Waals surface area contributed by atoms with Crippen molar-refractivity contribution in [2.75, 3.05) is 0 Å². The Bertz CT molecular complexity index is 721. The van der Waals surface area contributed by atoms with Crippen LogP contribution in [0, 0.1) is 11.6 Å². The maximum Gasteiger partial charge on any atom is 0.159 e. The summed E-state index contributed by atoms with van der Waals surface area (Å²) >= 11 is 0. The number of benzene rings is 2. The topological polar surface area (TPSA) is 25.8 Å². The third-order valence-electron chi connectivity index (χ3n) is 2.74. The molecule has 18 heavy (non-hydrogen) atoms. The molecule has 0 amide bonds. The Hall–Kier alpha value is -2.36. The summed E-state index contributed by atoms with van der Waals surface area (Å²) in [4.78, 5) is 8.28. The zero-order valence-corrected chi connectivity index (χ0v) is 9.27. The van der Waals surface area contributed by atoms with Gasteiger partial charge in [0.05, 0.1) is 11.2 Å². The van der Waals surface area contributed by atoms with E-state index < -0.39 is 11.6 Å². The highest BCUT2D eigenvalue weighted by Gasteiger charge is 2.08. The molecule has 0 unspecified atom stereocenters. The highest BCUT2D eigenvalue weighted by atomic mass is 19.2. The third-order valence-corrected chi connectivity index (χ3v) is 2.74. The SMILES string of the molecule is Fc1ccc(-c2ncnc3ccccc23)cc1F. The van der Waals surface area contributed by atoms with Crippen molar-refractivity contribution in [1.82, 2.24) is 9.97 Å². The second-order valence-electron chi connectivity index (χ2n) is 3.87. The molecule has 0 radical (unpaired) electrons. The van der Waals surface area contributed by atoms with E-state index in [1.54, 1.807) is 0 Å². The van der Waals surface area contributed by atoms with E-state index in [9.17, 15) is 8.78 Å². The van der Waals surface area contributed by atoms with Crippen LogP contribution < -0.4 is 0 Å². The van der Waals surface area contributed by atoms with Crippen molar-refractivity contribution >= 4 is 10.9 Å². The Balaban J connectivity index is 2.28. The number of rotatable bonds is 1. The first-order chi connectivity index (χ1) is 8.75. The third kappa shape index (κ3) is 1.72. The van der Waals surface area contributed by atoms with Gasteiger partial charge in [-0.05, 0) is 24.3 Å². The molecule has 2 aromatic carbocycles. The van der Waals surface area contributed by atoms with Crippen LogP contribution in [-0.2, 0) is 0 Å². The highest BCUT2D eigenvalue weighted by molar-refractivity contribution is 5.91. The minimum atomic E-state index is -0.879. The first kappa shape index (κ1) is 10.8. The summed E-state index contributed by atoms with van der Waals surface area (Å²) in [6.45, 7) is 0. The normalized spacial score (nSPS) is 10.8. The molecule has 1 aromatic heterocycles. The molecule has 0 saturated carbocycles. The predicted molar refractivity (Wildman–Crippen MR) is 64.9 cm³/mol. The fraction of sp³-hybridized carbons (Fsp3) is 0. The minimum absolute atomic E-state index is 0.535. The van der Waals surface area contributed by atoms with Gasteiger partial charge in [0.25, 0.3) is 0 Å². The molecule has 0 saturated heterocycles. The molecule has 2 nitrogen and oxygen atoms in total. The molecule has 0 fully saturated rings. The Morgan fingerprint density at radius 1 is 0.833 bits per heavy atom. The molecule has 0 bridgehead atoms. The molecular weight excluding hydrogens is 234 g/mol. The Kier molecular flexibility index (Phi) is 2.48. The van der Waals surface area contributed by atoms with Gasteiger partial charge in [0.1, 0.15) is 6.33 Å². The fourth-order valence-corrected chi connectivity index (χ4v) is 1.88. The Morgan fingerprint density at radius 2 is 1.67 bits per heavy atom. The van der Waals surface area contributed by atoms with Gasteiger partial charge < -0.3 is 0 Å². The molecule has 0 aliphatic carbocycles. The van der Waals surface area contributed by atoms with E-state index in [0.29, 0.717) is 11.3 Å². The maximum atomic E-state index is 13.2. The number of aromatic nitrogens is 2. The fourth-order valence-electron chi connectivity index (χ4n) is 1.88. The zero-order chi connectivity index (χ0) is 12.5. The van der Waals surface area contributed by atoms with Crippen LogP contribution in [0.2, 0.25) is 0 Å². The minimum Gasteiger partial charge on any atom is -0.236 e. The number of halogens is 2. The van der Waals surface area contributed by atoms with E-state index in [2.05, 4.69) is 9.97 Å². The molecule has 0 N–H and O–H groups in total. The van der Waals surface area contributed by atoms with Crippen molar-refractivity contribution in [2.24, 2.45) is 0 Å². The lowest BCUT2D eigenvalue weighted by Gasteiger charge is -2.05. The molecule has 0 aliphatic heterocycles. The number of para-hydroxylation sites is 1. The van der Waals surface area contributed by atoms with Gasteiger partial charge in [0.15, 0.2) is 11.6 Å². The van der Waals surface area contributed by atoms with Crippen LogP contribution in [-0.4, -0.2) is 9.97 Å². The number of hydrogen-bond acceptors (Lipinski definition) is 2. The molecule has 0 spiro atoms. The summed E-state index contributed by atoms with van der Waals surface area (Å²) in [5.41, 5.74) is 1.90. The molecule has 88 valence electrons. The second-order valence-corrected chi connectivity index (χ2v) is 3.87. The van der Waals surface area contributed by atoms with Crippen LogP contribution in [0.1, 0.15) is 0 Å². The van der Waals surface area contributed by atoms with Gasteiger partial charge in [0.2, 0.25) is 0 Å². The summed E-state index contributed by atoms with van der Waals surface area (Å²) in [6, 6.07) is 11.2. The van der Waals surface area contributed by atoms with Gasteiger partial charge in [-0.3, -0.25) is 0 Å². The zero-order valence-electron chi connectivity index (χ0n) is 9.27. The highest BCUT2D eigenvalue weighted by Crippen LogP contribution is 2.26. The number of hydrogen-bond donors (Lipinski definition) is 0. The van der Waals surface area contributed by atoms with Crippen molar-refractivity contribution in [3.63, 3.8) is 0 Å². The van der Waals surface area contributed by atoms with Crippen molar-refractivity contribution in [3.05, 3.63) is 60.4 Å². The first-order valence-corrected chi connectivity index (χ1v) is 5.41. The predicted octanol–water partition coefficient (Wildman–Crippen LogP) is 3.58. The van der Waals surface area contributed by atoms with Gasteiger partial charge in [-0.25, -0.2) is 18.7 Å². The largest absolute Gasteiger partial charge is 0.236 e. The van der Waals surface area contributed by atoms with Crippen LogP contribution in [0.5, 0.6) is 0 Å². The average Bonchev–Trinajstić information content (AvgIpc) is 2.41. The maximum absolute atomic E-state index is 13.2. The molecule has 1 heterocycles. The standard InChI is InChI=1S/C14H8F2N2/c15-11-6-5-9(7-12(11)16)14-10-3-1-2-4-13(10)17-8-18-14/h1-8H. The summed E-state index contributed by atoms with van der Waals surface area (Å²) < 4.78 is 26.2. The summed E-state index contributed by atoms with van der Waals surface area (Å²) in [6.07, 6.45) is 1.42. The van der Waals surface area contributed by atoms with Gasteiger partial charge in [0, 0.05) is 10.9 Å². The second kappa shape index (κ2) is 4.14. The molecule has 3 aromatic rings. The van der Waals surface area contributed by atoms with Crippen molar-refractivity contribution in [3.8, 4) is 11.3 Å². The van der Waals surface area contributed by atoms with Crippen LogP contribution in [0.25, 0.3) is 22.2 Å².